The van der Waals surface area contributed by atoms with Crippen molar-refractivity contribution >= 4 is 15.7 Å². The van der Waals surface area contributed by atoms with Crippen LogP contribution in [0.3, 0.4) is 0 Å². The van der Waals surface area contributed by atoms with E-state index in [-0.39, 0.29) is 17.1 Å². The zero-order valence-electron chi connectivity index (χ0n) is 12.2. The van der Waals surface area contributed by atoms with E-state index in [1.807, 2.05) is 6.07 Å². The summed E-state index contributed by atoms with van der Waals surface area (Å²) in [5.74, 6) is 0. The molecule has 2 rings (SSSR count). The highest BCUT2D eigenvalue weighted by Gasteiger charge is 2.27. The molecule has 21 heavy (non-hydrogen) atoms. The van der Waals surface area contributed by atoms with E-state index < -0.39 is 10.0 Å². The van der Waals surface area contributed by atoms with Crippen LogP contribution in [0.1, 0.15) is 18.2 Å². The van der Waals surface area contributed by atoms with Crippen molar-refractivity contribution in [3.05, 3.63) is 53.9 Å². The fraction of sp³-hybridized carbons (Fsp3) is 0.267. The van der Waals surface area contributed by atoms with E-state index in [2.05, 4.69) is 4.98 Å². The molecule has 2 aromatic rings. The summed E-state index contributed by atoms with van der Waals surface area (Å²) in [4.78, 5) is 4.36. The third-order valence-corrected chi connectivity index (χ3v) is 5.40. The molecule has 2 N–H and O–H groups in total. The number of pyridine rings is 1. The minimum absolute atomic E-state index is 0.183. The Morgan fingerprint density at radius 3 is 2.52 bits per heavy atom. The lowest BCUT2D eigenvalue weighted by molar-refractivity contribution is 0.419. The molecule has 0 bridgehead atoms. The van der Waals surface area contributed by atoms with Gasteiger partial charge >= 0.3 is 0 Å². The van der Waals surface area contributed by atoms with Crippen molar-refractivity contribution in [2.75, 3.05) is 12.3 Å². The van der Waals surface area contributed by atoms with Crippen LogP contribution < -0.4 is 5.73 Å². The molecule has 0 unspecified atom stereocenters. The number of aromatic nitrogens is 1. The van der Waals surface area contributed by atoms with Gasteiger partial charge in [0.2, 0.25) is 10.0 Å². The summed E-state index contributed by atoms with van der Waals surface area (Å²) in [7, 11) is -3.64. The van der Waals surface area contributed by atoms with E-state index in [0.29, 0.717) is 17.8 Å². The van der Waals surface area contributed by atoms with E-state index >= 15 is 0 Å². The number of hydrogen-bond donors (Lipinski definition) is 1. The van der Waals surface area contributed by atoms with Gasteiger partial charge in [0.25, 0.3) is 0 Å². The van der Waals surface area contributed by atoms with Gasteiger partial charge < -0.3 is 5.73 Å². The lowest BCUT2D eigenvalue weighted by Gasteiger charge is -2.22. The highest BCUT2D eigenvalue weighted by atomic mass is 32.2. The molecule has 0 saturated heterocycles. The van der Waals surface area contributed by atoms with E-state index in [9.17, 15) is 8.42 Å². The van der Waals surface area contributed by atoms with Crippen LogP contribution >= 0.6 is 0 Å². The number of rotatable bonds is 5. The number of benzene rings is 1. The van der Waals surface area contributed by atoms with Gasteiger partial charge in [-0.3, -0.25) is 4.98 Å². The Labute approximate surface area is 125 Å². The first-order valence-corrected chi connectivity index (χ1v) is 8.16. The second-order valence-electron chi connectivity index (χ2n) is 4.75. The highest BCUT2D eigenvalue weighted by molar-refractivity contribution is 7.89. The van der Waals surface area contributed by atoms with Gasteiger partial charge in [0.05, 0.1) is 17.9 Å². The Hall–Kier alpha value is -1.92. The third-order valence-electron chi connectivity index (χ3n) is 3.26. The van der Waals surface area contributed by atoms with Gasteiger partial charge in [-0.25, -0.2) is 8.42 Å². The fourth-order valence-electron chi connectivity index (χ4n) is 2.20. The van der Waals surface area contributed by atoms with Crippen LogP contribution in [0.25, 0.3) is 0 Å². The SMILES string of the molecule is CCN(Cc1ccccn1)S(=O)(=O)c1c(C)cccc1N. The van der Waals surface area contributed by atoms with Gasteiger partial charge in [0.1, 0.15) is 4.90 Å². The molecule has 0 aliphatic rings. The van der Waals surface area contributed by atoms with Gasteiger partial charge in [-0.2, -0.15) is 4.31 Å². The van der Waals surface area contributed by atoms with Gasteiger partial charge in [0, 0.05) is 12.7 Å². The van der Waals surface area contributed by atoms with Crippen LogP contribution in [-0.2, 0) is 16.6 Å². The molecule has 0 fully saturated rings. The normalized spacial score (nSPS) is 11.8. The molecular formula is C15H19N3O2S. The molecule has 1 aromatic carbocycles. The molecule has 0 spiro atoms. The molecule has 0 amide bonds. The van der Waals surface area contributed by atoms with Gasteiger partial charge in [-0.05, 0) is 30.7 Å². The number of aryl methyl sites for hydroxylation is 1. The Kier molecular flexibility index (Phi) is 4.59. The summed E-state index contributed by atoms with van der Waals surface area (Å²) in [6, 6.07) is 10.5. The smallest absolute Gasteiger partial charge is 0.245 e. The maximum Gasteiger partial charge on any atom is 0.245 e. The Morgan fingerprint density at radius 1 is 1.19 bits per heavy atom. The van der Waals surface area contributed by atoms with Crippen LogP contribution in [0.5, 0.6) is 0 Å². The maximum absolute atomic E-state index is 12.8. The van der Waals surface area contributed by atoms with Crippen LogP contribution in [0.2, 0.25) is 0 Å². The van der Waals surface area contributed by atoms with Gasteiger partial charge in [-0.1, -0.05) is 25.1 Å². The summed E-state index contributed by atoms with van der Waals surface area (Å²) in [6.07, 6.45) is 1.65. The van der Waals surface area contributed by atoms with Crippen LogP contribution in [-0.4, -0.2) is 24.3 Å². The molecule has 1 heterocycles. The zero-order valence-corrected chi connectivity index (χ0v) is 13.0. The quantitative estimate of drug-likeness (QED) is 0.859. The topological polar surface area (TPSA) is 76.3 Å². The third kappa shape index (κ3) is 3.22. The van der Waals surface area contributed by atoms with Crippen LogP contribution in [0, 0.1) is 6.92 Å². The van der Waals surface area contributed by atoms with E-state index in [0.717, 1.165) is 0 Å². The van der Waals surface area contributed by atoms with E-state index in [4.69, 9.17) is 5.73 Å². The van der Waals surface area contributed by atoms with Crippen molar-refractivity contribution < 1.29 is 8.42 Å². The van der Waals surface area contributed by atoms with Crippen molar-refractivity contribution in [1.29, 1.82) is 0 Å². The number of hydrogen-bond acceptors (Lipinski definition) is 4. The van der Waals surface area contributed by atoms with E-state index in [1.165, 1.54) is 4.31 Å². The maximum atomic E-state index is 12.8. The summed E-state index contributed by atoms with van der Waals surface area (Å²) in [6.45, 7) is 4.13. The van der Waals surface area contributed by atoms with Crippen LogP contribution in [0.15, 0.2) is 47.5 Å². The fourth-order valence-corrected chi connectivity index (χ4v) is 3.94. The Bertz CT molecular complexity index is 695. The van der Waals surface area contributed by atoms with Gasteiger partial charge in [0.15, 0.2) is 0 Å². The van der Waals surface area contributed by atoms with Crippen molar-refractivity contribution in [2.45, 2.75) is 25.3 Å². The Balaban J connectivity index is 2.41. The van der Waals surface area contributed by atoms with Gasteiger partial charge in [-0.15, -0.1) is 0 Å². The number of nitrogens with zero attached hydrogens (tertiary/aromatic N) is 2. The second-order valence-corrected chi connectivity index (χ2v) is 6.62. The summed E-state index contributed by atoms with van der Waals surface area (Å²) in [5.41, 5.74) is 7.50. The molecule has 0 aliphatic heterocycles. The monoisotopic (exact) mass is 305 g/mol. The highest BCUT2D eigenvalue weighted by Crippen LogP contribution is 2.26. The molecule has 112 valence electrons. The largest absolute Gasteiger partial charge is 0.398 e. The standard InChI is InChI=1S/C15H19N3O2S/c1-3-18(11-13-8-4-5-10-17-13)21(19,20)15-12(2)7-6-9-14(15)16/h4-10H,3,11,16H2,1-2H3. The first kappa shape index (κ1) is 15.5. The molecule has 0 saturated carbocycles. The molecule has 0 aliphatic carbocycles. The molecule has 1 aromatic heterocycles. The van der Waals surface area contributed by atoms with Crippen molar-refractivity contribution in [1.82, 2.24) is 9.29 Å². The first-order chi connectivity index (χ1) is 9.96. The molecule has 6 heteroatoms. The molecule has 5 nitrogen and oxygen atoms in total. The minimum Gasteiger partial charge on any atom is -0.398 e. The predicted molar refractivity (Wildman–Crippen MR) is 83.1 cm³/mol. The van der Waals surface area contributed by atoms with Crippen molar-refractivity contribution in [3.8, 4) is 0 Å². The first-order valence-electron chi connectivity index (χ1n) is 6.72. The zero-order chi connectivity index (χ0) is 15.5. The average Bonchev–Trinajstić information content (AvgIpc) is 2.45. The predicted octanol–water partition coefficient (Wildman–Crippen LogP) is 2.18. The number of nitrogens with two attached hydrogens (primary N) is 1. The average molecular weight is 305 g/mol. The van der Waals surface area contributed by atoms with Crippen molar-refractivity contribution in [3.63, 3.8) is 0 Å². The lowest BCUT2D eigenvalue weighted by Crippen LogP contribution is -2.31. The minimum atomic E-state index is -3.64. The number of nitrogen functional groups attached to an aromatic ring is 1. The summed E-state index contributed by atoms with van der Waals surface area (Å²) in [5, 5.41) is 0. The number of anilines is 1. The van der Waals surface area contributed by atoms with Crippen LogP contribution in [0.4, 0.5) is 5.69 Å². The summed E-state index contributed by atoms with van der Waals surface area (Å²) >= 11 is 0. The second kappa shape index (κ2) is 6.24. The molecule has 0 radical (unpaired) electrons. The summed E-state index contributed by atoms with van der Waals surface area (Å²) < 4.78 is 27.0. The lowest BCUT2D eigenvalue weighted by atomic mass is 10.2. The molecular weight excluding hydrogens is 286 g/mol. The van der Waals surface area contributed by atoms with Crippen molar-refractivity contribution in [2.24, 2.45) is 0 Å². The van der Waals surface area contributed by atoms with E-state index in [1.54, 1.807) is 50.4 Å². The number of sulfonamides is 1. The molecule has 0 atom stereocenters. The Morgan fingerprint density at radius 2 is 1.95 bits per heavy atom.